The van der Waals surface area contributed by atoms with Crippen LogP contribution < -0.4 is 11.1 Å². The molecule has 0 spiro atoms. The van der Waals surface area contributed by atoms with Gasteiger partial charge in [0.15, 0.2) is 0 Å². The van der Waals surface area contributed by atoms with Crippen molar-refractivity contribution in [2.45, 2.75) is 45.6 Å². The molecule has 0 bridgehead atoms. The SMILES string of the molecule is CC(N)CCCC(=O)NCCC(C)C(=O)O. The number of nitrogens with two attached hydrogens (primary N) is 1. The van der Waals surface area contributed by atoms with Crippen molar-refractivity contribution < 1.29 is 14.7 Å². The lowest BCUT2D eigenvalue weighted by Gasteiger charge is -2.08. The second-order valence-corrected chi connectivity index (χ2v) is 4.25. The van der Waals surface area contributed by atoms with Crippen molar-refractivity contribution >= 4 is 11.9 Å². The van der Waals surface area contributed by atoms with E-state index in [1.165, 1.54) is 0 Å². The minimum absolute atomic E-state index is 0.0294. The van der Waals surface area contributed by atoms with E-state index in [9.17, 15) is 9.59 Å². The van der Waals surface area contributed by atoms with Crippen LogP contribution in [-0.4, -0.2) is 29.6 Å². The Hall–Kier alpha value is -1.10. The molecule has 5 heteroatoms. The number of amides is 1. The topological polar surface area (TPSA) is 92.4 Å². The van der Waals surface area contributed by atoms with Gasteiger partial charge in [-0.3, -0.25) is 9.59 Å². The summed E-state index contributed by atoms with van der Waals surface area (Å²) in [6.45, 7) is 3.96. The van der Waals surface area contributed by atoms with Gasteiger partial charge in [-0.25, -0.2) is 0 Å². The molecule has 0 heterocycles. The van der Waals surface area contributed by atoms with Crippen molar-refractivity contribution in [2.24, 2.45) is 11.7 Å². The molecule has 0 aromatic rings. The number of carboxylic acids is 1. The first-order valence-electron chi connectivity index (χ1n) is 5.68. The summed E-state index contributed by atoms with van der Waals surface area (Å²) in [7, 11) is 0. The number of rotatable bonds is 8. The Morgan fingerprint density at radius 2 is 1.94 bits per heavy atom. The van der Waals surface area contributed by atoms with E-state index in [-0.39, 0.29) is 11.9 Å². The highest BCUT2D eigenvalue weighted by molar-refractivity contribution is 5.76. The van der Waals surface area contributed by atoms with Gasteiger partial charge >= 0.3 is 5.97 Å². The average molecular weight is 230 g/mol. The summed E-state index contributed by atoms with van der Waals surface area (Å²) in [5, 5.41) is 11.3. The number of aliphatic carboxylic acids is 1. The van der Waals surface area contributed by atoms with Crippen LogP contribution in [-0.2, 0) is 9.59 Å². The Morgan fingerprint density at radius 1 is 1.31 bits per heavy atom. The van der Waals surface area contributed by atoms with E-state index < -0.39 is 11.9 Å². The highest BCUT2D eigenvalue weighted by Crippen LogP contribution is 2.01. The molecular formula is C11H22N2O3. The van der Waals surface area contributed by atoms with E-state index in [1.807, 2.05) is 6.92 Å². The third-order valence-corrected chi connectivity index (χ3v) is 2.38. The van der Waals surface area contributed by atoms with Gasteiger partial charge in [-0.15, -0.1) is 0 Å². The molecule has 0 aromatic heterocycles. The lowest BCUT2D eigenvalue weighted by atomic mass is 10.1. The number of carboxylic acid groups (broad SMARTS) is 1. The summed E-state index contributed by atoms with van der Waals surface area (Å²) in [6.07, 6.45) is 2.54. The van der Waals surface area contributed by atoms with Crippen molar-refractivity contribution in [1.82, 2.24) is 5.32 Å². The van der Waals surface area contributed by atoms with Crippen LogP contribution in [0.25, 0.3) is 0 Å². The Bertz CT molecular complexity index is 229. The van der Waals surface area contributed by atoms with Crippen molar-refractivity contribution in [3.05, 3.63) is 0 Å². The third kappa shape index (κ3) is 8.23. The highest BCUT2D eigenvalue weighted by atomic mass is 16.4. The second-order valence-electron chi connectivity index (χ2n) is 4.25. The molecule has 0 aromatic carbocycles. The van der Waals surface area contributed by atoms with Crippen LogP contribution in [0, 0.1) is 5.92 Å². The van der Waals surface area contributed by atoms with Gasteiger partial charge in [0.05, 0.1) is 5.92 Å². The second kappa shape index (κ2) is 8.10. The van der Waals surface area contributed by atoms with Crippen LogP contribution in [0.5, 0.6) is 0 Å². The number of carbonyl (C=O) groups excluding carboxylic acids is 1. The maximum absolute atomic E-state index is 11.3. The van der Waals surface area contributed by atoms with Gasteiger partial charge in [0.25, 0.3) is 0 Å². The van der Waals surface area contributed by atoms with Gasteiger partial charge in [-0.1, -0.05) is 6.92 Å². The van der Waals surface area contributed by atoms with Crippen molar-refractivity contribution in [3.63, 3.8) is 0 Å². The Kier molecular flexibility index (Phi) is 7.54. The number of hydrogen-bond donors (Lipinski definition) is 3. The van der Waals surface area contributed by atoms with E-state index in [2.05, 4.69) is 5.32 Å². The molecule has 0 aliphatic heterocycles. The molecule has 2 atom stereocenters. The summed E-state index contributed by atoms with van der Waals surface area (Å²) in [5.41, 5.74) is 5.55. The summed E-state index contributed by atoms with van der Waals surface area (Å²) in [4.78, 5) is 21.8. The number of carbonyl (C=O) groups is 2. The molecule has 0 aliphatic rings. The molecule has 4 N–H and O–H groups in total. The third-order valence-electron chi connectivity index (χ3n) is 2.38. The zero-order valence-corrected chi connectivity index (χ0v) is 10.0. The van der Waals surface area contributed by atoms with Crippen LogP contribution >= 0.6 is 0 Å². The van der Waals surface area contributed by atoms with Gasteiger partial charge in [0.1, 0.15) is 0 Å². The lowest BCUT2D eigenvalue weighted by Crippen LogP contribution is -2.27. The van der Waals surface area contributed by atoms with Crippen LogP contribution in [0.1, 0.15) is 39.5 Å². The molecule has 1 amide bonds. The summed E-state index contributed by atoms with van der Waals surface area (Å²) in [6, 6.07) is 0.125. The average Bonchev–Trinajstić information content (AvgIpc) is 2.16. The number of hydrogen-bond acceptors (Lipinski definition) is 3. The minimum atomic E-state index is -0.828. The van der Waals surface area contributed by atoms with Crippen LogP contribution in [0.4, 0.5) is 0 Å². The van der Waals surface area contributed by atoms with Gasteiger partial charge in [0, 0.05) is 19.0 Å². The lowest BCUT2D eigenvalue weighted by molar-refractivity contribution is -0.141. The monoisotopic (exact) mass is 230 g/mol. The van der Waals surface area contributed by atoms with Gasteiger partial charge in [0.2, 0.25) is 5.91 Å². The fourth-order valence-electron chi connectivity index (χ4n) is 1.22. The first kappa shape index (κ1) is 14.9. The largest absolute Gasteiger partial charge is 0.481 e. The molecule has 94 valence electrons. The Balaban J connectivity index is 3.47. The molecule has 0 saturated carbocycles. The van der Waals surface area contributed by atoms with E-state index in [1.54, 1.807) is 6.92 Å². The zero-order valence-electron chi connectivity index (χ0n) is 10.0. The Morgan fingerprint density at radius 3 is 2.44 bits per heavy atom. The summed E-state index contributed by atoms with van der Waals surface area (Å²) < 4.78 is 0. The minimum Gasteiger partial charge on any atom is -0.481 e. The van der Waals surface area contributed by atoms with Crippen molar-refractivity contribution in [1.29, 1.82) is 0 Å². The van der Waals surface area contributed by atoms with Gasteiger partial charge in [-0.05, 0) is 26.2 Å². The molecule has 0 saturated heterocycles. The standard InChI is InChI=1S/C11H22N2O3/c1-8(11(15)16)6-7-13-10(14)5-3-4-9(2)12/h8-9H,3-7,12H2,1-2H3,(H,13,14)(H,15,16). The molecule has 0 aliphatic carbocycles. The normalized spacial score (nSPS) is 14.2. The predicted molar refractivity (Wildman–Crippen MR) is 61.9 cm³/mol. The Labute approximate surface area is 96.4 Å². The van der Waals surface area contributed by atoms with Crippen LogP contribution in [0.2, 0.25) is 0 Å². The number of nitrogens with one attached hydrogen (secondary N) is 1. The predicted octanol–water partition coefficient (Wildman–Crippen LogP) is 0.731. The summed E-state index contributed by atoms with van der Waals surface area (Å²) in [5.74, 6) is -1.27. The van der Waals surface area contributed by atoms with E-state index in [4.69, 9.17) is 10.8 Å². The van der Waals surface area contributed by atoms with E-state index >= 15 is 0 Å². The van der Waals surface area contributed by atoms with Crippen LogP contribution in [0.3, 0.4) is 0 Å². The molecule has 0 fully saturated rings. The molecular weight excluding hydrogens is 208 g/mol. The molecule has 16 heavy (non-hydrogen) atoms. The highest BCUT2D eigenvalue weighted by Gasteiger charge is 2.10. The maximum atomic E-state index is 11.3. The first-order valence-corrected chi connectivity index (χ1v) is 5.68. The molecule has 0 radical (unpaired) electrons. The van der Waals surface area contributed by atoms with Gasteiger partial charge in [-0.2, -0.15) is 0 Å². The molecule has 5 nitrogen and oxygen atoms in total. The molecule has 2 unspecified atom stereocenters. The van der Waals surface area contributed by atoms with E-state index in [0.29, 0.717) is 19.4 Å². The fourth-order valence-corrected chi connectivity index (χ4v) is 1.22. The fraction of sp³-hybridized carbons (Fsp3) is 0.818. The summed E-state index contributed by atoms with van der Waals surface area (Å²) >= 11 is 0. The zero-order chi connectivity index (χ0) is 12.6. The van der Waals surface area contributed by atoms with Crippen molar-refractivity contribution in [2.75, 3.05) is 6.54 Å². The van der Waals surface area contributed by atoms with Crippen molar-refractivity contribution in [3.8, 4) is 0 Å². The quantitative estimate of drug-likeness (QED) is 0.573. The molecule has 0 rings (SSSR count). The van der Waals surface area contributed by atoms with Crippen LogP contribution in [0.15, 0.2) is 0 Å². The van der Waals surface area contributed by atoms with Gasteiger partial charge < -0.3 is 16.2 Å². The smallest absolute Gasteiger partial charge is 0.306 e. The van der Waals surface area contributed by atoms with E-state index in [0.717, 1.165) is 12.8 Å². The first-order chi connectivity index (χ1) is 7.43. The maximum Gasteiger partial charge on any atom is 0.306 e.